The van der Waals surface area contributed by atoms with Crippen LogP contribution < -0.4 is 10.6 Å². The highest BCUT2D eigenvalue weighted by molar-refractivity contribution is 7.91. The number of pyridine rings is 2. The number of benzene rings is 1. The van der Waals surface area contributed by atoms with Gasteiger partial charge < -0.3 is 10.6 Å². The molecule has 1 saturated heterocycles. The van der Waals surface area contributed by atoms with Crippen LogP contribution in [0.3, 0.4) is 0 Å². The largest absolute Gasteiger partial charge is 0.416 e. The predicted octanol–water partition coefficient (Wildman–Crippen LogP) is 6.52. The Balaban J connectivity index is 1.38. The van der Waals surface area contributed by atoms with Crippen LogP contribution in [0.1, 0.15) is 42.5 Å². The molecule has 0 spiro atoms. The second kappa shape index (κ2) is 12.6. The van der Waals surface area contributed by atoms with Gasteiger partial charge >= 0.3 is 6.18 Å². The summed E-state index contributed by atoms with van der Waals surface area (Å²) in [6.45, 7) is 2.19. The molecule has 4 aromatic rings. The first-order chi connectivity index (χ1) is 20.4. The van der Waals surface area contributed by atoms with Crippen molar-refractivity contribution in [3.05, 3.63) is 94.1 Å². The van der Waals surface area contributed by atoms with Crippen LogP contribution in [0.2, 0.25) is 4.34 Å². The highest BCUT2D eigenvalue weighted by atomic mass is 35.5. The number of nitrogens with one attached hydrogen (secondary N) is 2. The van der Waals surface area contributed by atoms with Crippen molar-refractivity contribution >= 4 is 44.7 Å². The highest BCUT2D eigenvalue weighted by Crippen LogP contribution is 2.33. The van der Waals surface area contributed by atoms with E-state index < -0.39 is 33.7 Å². The Morgan fingerprint density at radius 1 is 1.12 bits per heavy atom. The molecule has 1 aliphatic rings. The molecule has 1 aliphatic heterocycles. The SMILES string of the molecule is CC(Nc1cc(CNC(=O)[C@@H]2CCCN2S(=O)(=O)c2ccc(Cl)s2)cc(-c2ccc(C(F)(F)F)cc2)n1)c1ccncc1. The van der Waals surface area contributed by atoms with Crippen LogP contribution in [-0.4, -0.2) is 41.2 Å². The molecule has 8 nitrogen and oxygen atoms in total. The van der Waals surface area contributed by atoms with E-state index in [1.807, 2.05) is 19.1 Å². The number of aromatic nitrogens is 2. The number of alkyl halides is 3. The van der Waals surface area contributed by atoms with Crippen molar-refractivity contribution < 1.29 is 26.4 Å². The van der Waals surface area contributed by atoms with Gasteiger partial charge in [0.2, 0.25) is 5.91 Å². The van der Waals surface area contributed by atoms with Crippen LogP contribution in [0.25, 0.3) is 11.3 Å². The van der Waals surface area contributed by atoms with Gasteiger partial charge in [0.05, 0.1) is 21.6 Å². The molecule has 43 heavy (non-hydrogen) atoms. The predicted molar refractivity (Wildman–Crippen MR) is 159 cm³/mol. The van der Waals surface area contributed by atoms with Crippen LogP contribution in [0.15, 0.2) is 77.3 Å². The molecule has 2 N–H and O–H groups in total. The third-order valence-electron chi connectivity index (χ3n) is 7.05. The van der Waals surface area contributed by atoms with Gasteiger partial charge in [0, 0.05) is 31.0 Å². The van der Waals surface area contributed by atoms with E-state index in [-0.39, 0.29) is 23.3 Å². The molecule has 1 amide bonds. The van der Waals surface area contributed by atoms with Gasteiger partial charge in [-0.25, -0.2) is 13.4 Å². The molecule has 0 aliphatic carbocycles. The second-order valence-electron chi connectivity index (χ2n) is 10.0. The van der Waals surface area contributed by atoms with E-state index in [4.69, 9.17) is 11.6 Å². The molecule has 3 aromatic heterocycles. The summed E-state index contributed by atoms with van der Waals surface area (Å²) < 4.78 is 67.4. The van der Waals surface area contributed by atoms with Crippen molar-refractivity contribution in [2.45, 2.75) is 48.8 Å². The molecule has 14 heteroatoms. The van der Waals surface area contributed by atoms with Crippen molar-refractivity contribution in [2.24, 2.45) is 0 Å². The van der Waals surface area contributed by atoms with Crippen molar-refractivity contribution in [1.82, 2.24) is 19.6 Å². The molecule has 1 fully saturated rings. The number of hydrogen-bond acceptors (Lipinski definition) is 7. The topological polar surface area (TPSA) is 104 Å². The third kappa shape index (κ3) is 7.18. The number of carbonyl (C=O) groups excluding carboxylic acids is 1. The lowest BCUT2D eigenvalue weighted by Gasteiger charge is -2.23. The van der Waals surface area contributed by atoms with Gasteiger partial charge in [0.15, 0.2) is 0 Å². The fourth-order valence-electron chi connectivity index (χ4n) is 4.85. The van der Waals surface area contributed by atoms with E-state index in [2.05, 4.69) is 20.6 Å². The molecule has 4 heterocycles. The zero-order valence-electron chi connectivity index (χ0n) is 22.8. The maximum absolute atomic E-state index is 13.3. The molecule has 226 valence electrons. The van der Waals surface area contributed by atoms with E-state index in [0.29, 0.717) is 39.8 Å². The number of sulfonamides is 1. The fourth-order valence-corrected chi connectivity index (χ4v) is 8.12. The van der Waals surface area contributed by atoms with E-state index in [0.717, 1.165) is 29.0 Å². The Labute approximate surface area is 256 Å². The monoisotopic (exact) mass is 649 g/mol. The van der Waals surface area contributed by atoms with Gasteiger partial charge in [0.25, 0.3) is 10.0 Å². The summed E-state index contributed by atoms with van der Waals surface area (Å²) >= 11 is 6.88. The Morgan fingerprint density at radius 3 is 2.49 bits per heavy atom. The number of hydrogen-bond donors (Lipinski definition) is 2. The quantitative estimate of drug-likeness (QED) is 0.214. The average molecular weight is 650 g/mol. The number of anilines is 1. The maximum Gasteiger partial charge on any atom is 0.416 e. The van der Waals surface area contributed by atoms with E-state index >= 15 is 0 Å². The number of thiophene rings is 1. The lowest BCUT2D eigenvalue weighted by atomic mass is 10.1. The summed E-state index contributed by atoms with van der Waals surface area (Å²) in [5.41, 5.74) is 1.67. The lowest BCUT2D eigenvalue weighted by Crippen LogP contribution is -2.45. The van der Waals surface area contributed by atoms with E-state index in [9.17, 15) is 26.4 Å². The highest BCUT2D eigenvalue weighted by Gasteiger charge is 2.40. The van der Waals surface area contributed by atoms with Gasteiger partial charge in [0.1, 0.15) is 16.1 Å². The average Bonchev–Trinajstić information content (AvgIpc) is 3.66. The number of amides is 1. The number of carbonyl (C=O) groups is 1. The summed E-state index contributed by atoms with van der Waals surface area (Å²) in [6, 6.07) is 13.7. The maximum atomic E-state index is 13.3. The van der Waals surface area contributed by atoms with Crippen molar-refractivity contribution in [1.29, 1.82) is 0 Å². The Kier molecular flexibility index (Phi) is 9.07. The van der Waals surface area contributed by atoms with Crippen molar-refractivity contribution in [2.75, 3.05) is 11.9 Å². The minimum absolute atomic E-state index is 0.0442. The first kappa shape index (κ1) is 30.9. The fraction of sp³-hybridized carbons (Fsp3) is 0.276. The van der Waals surface area contributed by atoms with Crippen LogP contribution in [0.4, 0.5) is 19.0 Å². The Bertz CT molecular complexity index is 1700. The van der Waals surface area contributed by atoms with Gasteiger partial charge in [-0.1, -0.05) is 23.7 Å². The molecule has 0 bridgehead atoms. The first-order valence-electron chi connectivity index (χ1n) is 13.3. The van der Waals surface area contributed by atoms with Crippen LogP contribution >= 0.6 is 22.9 Å². The summed E-state index contributed by atoms with van der Waals surface area (Å²) in [5.74, 6) is 0.00175. The van der Waals surface area contributed by atoms with Crippen molar-refractivity contribution in [3.8, 4) is 11.3 Å². The normalized spacial score (nSPS) is 16.6. The molecular formula is C29H27ClF3N5O3S2. The summed E-state index contributed by atoms with van der Waals surface area (Å²) in [5, 5.41) is 6.14. The summed E-state index contributed by atoms with van der Waals surface area (Å²) in [7, 11) is -3.90. The molecule has 0 radical (unpaired) electrons. The van der Waals surface area contributed by atoms with Crippen LogP contribution in [-0.2, 0) is 27.5 Å². The smallest absolute Gasteiger partial charge is 0.364 e. The van der Waals surface area contributed by atoms with E-state index in [1.54, 1.807) is 24.5 Å². The standard InChI is InChI=1S/C29H27ClF3N5O3S2/c1-18(20-10-12-34-13-11-20)36-26-16-19(15-23(37-26)21-4-6-22(7-5-21)29(31,32)33)17-35-28(39)24-3-2-14-38(24)43(40,41)27-9-8-25(30)42-27/h4-13,15-16,18,24H,2-3,14,17H2,1H3,(H,35,39)(H,36,37)/t18?,24-/m0/s1. The van der Waals surface area contributed by atoms with Gasteiger partial charge in [-0.2, -0.15) is 17.5 Å². The minimum Gasteiger partial charge on any atom is -0.364 e. The Hall–Kier alpha value is -3.52. The number of nitrogens with zero attached hydrogens (tertiary/aromatic N) is 3. The first-order valence-corrected chi connectivity index (χ1v) is 16.0. The van der Waals surface area contributed by atoms with Gasteiger partial charge in [-0.05, 0) is 79.4 Å². The molecule has 1 aromatic carbocycles. The molecule has 5 rings (SSSR count). The number of halogens is 4. The van der Waals surface area contributed by atoms with Crippen LogP contribution in [0, 0.1) is 0 Å². The van der Waals surface area contributed by atoms with Gasteiger partial charge in [-0.3, -0.25) is 9.78 Å². The second-order valence-corrected chi connectivity index (χ2v) is 13.9. The lowest BCUT2D eigenvalue weighted by molar-refractivity contribution is -0.137. The molecule has 2 atom stereocenters. The van der Waals surface area contributed by atoms with Crippen LogP contribution in [0.5, 0.6) is 0 Å². The van der Waals surface area contributed by atoms with E-state index in [1.165, 1.54) is 28.6 Å². The summed E-state index contributed by atoms with van der Waals surface area (Å²) in [6.07, 6.45) is -0.236. The molecular weight excluding hydrogens is 623 g/mol. The number of rotatable bonds is 9. The Morgan fingerprint density at radius 2 is 1.84 bits per heavy atom. The van der Waals surface area contributed by atoms with Gasteiger partial charge in [-0.15, -0.1) is 11.3 Å². The zero-order chi connectivity index (χ0) is 30.8. The third-order valence-corrected chi connectivity index (χ3v) is 10.7. The minimum atomic E-state index is -4.47. The molecule has 0 saturated carbocycles. The zero-order valence-corrected chi connectivity index (χ0v) is 25.2. The summed E-state index contributed by atoms with van der Waals surface area (Å²) in [4.78, 5) is 21.9. The molecule has 1 unspecified atom stereocenters. The van der Waals surface area contributed by atoms with Crippen molar-refractivity contribution in [3.63, 3.8) is 0 Å².